The van der Waals surface area contributed by atoms with Crippen molar-refractivity contribution < 1.29 is 0 Å². The van der Waals surface area contributed by atoms with Crippen LogP contribution in [0, 0.1) is 27.7 Å². The average molecular weight is 255 g/mol. The normalized spacial score (nSPS) is 10.6. The third kappa shape index (κ3) is 2.60. The van der Waals surface area contributed by atoms with Crippen LogP contribution in [0.1, 0.15) is 29.2 Å². The zero-order valence-corrected chi connectivity index (χ0v) is 12.3. The van der Waals surface area contributed by atoms with Gasteiger partial charge in [-0.05, 0) is 57.4 Å². The van der Waals surface area contributed by atoms with Crippen LogP contribution in [0.25, 0.3) is 11.3 Å². The molecular weight excluding hydrogens is 234 g/mol. The predicted octanol–water partition coefficient (Wildman–Crippen LogP) is 3.81. The number of aryl methyl sites for hydroxylation is 3. The zero-order chi connectivity index (χ0) is 14.0. The summed E-state index contributed by atoms with van der Waals surface area (Å²) in [7, 11) is 0. The summed E-state index contributed by atoms with van der Waals surface area (Å²) in [5.41, 5.74) is 7.19. The third-order valence-corrected chi connectivity index (χ3v) is 3.52. The fourth-order valence-corrected chi connectivity index (χ4v) is 2.28. The molecule has 0 atom stereocenters. The van der Waals surface area contributed by atoms with E-state index in [1.807, 2.05) is 0 Å². The number of hydrogen-bond acceptors (Lipinski definition) is 3. The molecular formula is C16H21N3. The third-order valence-electron chi connectivity index (χ3n) is 3.52. The van der Waals surface area contributed by atoms with E-state index in [2.05, 4.69) is 62.0 Å². The summed E-state index contributed by atoms with van der Waals surface area (Å²) in [6.45, 7) is 11.4. The van der Waals surface area contributed by atoms with Gasteiger partial charge in [0, 0.05) is 17.7 Å². The molecule has 2 aromatic rings. The standard InChI is InChI=1S/C16H21N3/c1-6-17-16-13(5)15(18-9-19-16)14-8-11(3)10(2)7-12(14)4/h7-9H,6H2,1-5H3,(H,17,18,19). The number of rotatable bonds is 3. The number of anilines is 1. The molecule has 0 saturated heterocycles. The van der Waals surface area contributed by atoms with Crippen molar-refractivity contribution in [2.24, 2.45) is 0 Å². The van der Waals surface area contributed by atoms with Crippen molar-refractivity contribution in [2.45, 2.75) is 34.6 Å². The zero-order valence-electron chi connectivity index (χ0n) is 12.3. The van der Waals surface area contributed by atoms with Gasteiger partial charge in [-0.15, -0.1) is 0 Å². The van der Waals surface area contributed by atoms with E-state index in [0.29, 0.717) is 0 Å². The molecule has 0 saturated carbocycles. The monoisotopic (exact) mass is 255 g/mol. The highest BCUT2D eigenvalue weighted by Gasteiger charge is 2.11. The van der Waals surface area contributed by atoms with E-state index in [1.54, 1.807) is 6.33 Å². The molecule has 0 aliphatic rings. The van der Waals surface area contributed by atoms with E-state index in [4.69, 9.17) is 0 Å². The van der Waals surface area contributed by atoms with Gasteiger partial charge in [0.1, 0.15) is 12.1 Å². The predicted molar refractivity (Wildman–Crippen MR) is 80.6 cm³/mol. The molecule has 3 heteroatoms. The lowest BCUT2D eigenvalue weighted by atomic mass is 9.96. The fourth-order valence-electron chi connectivity index (χ4n) is 2.28. The summed E-state index contributed by atoms with van der Waals surface area (Å²) in [5, 5.41) is 3.28. The maximum absolute atomic E-state index is 4.47. The quantitative estimate of drug-likeness (QED) is 0.906. The van der Waals surface area contributed by atoms with Gasteiger partial charge in [0.25, 0.3) is 0 Å². The molecule has 0 aliphatic carbocycles. The lowest BCUT2D eigenvalue weighted by Crippen LogP contribution is -2.04. The second kappa shape index (κ2) is 5.39. The number of benzene rings is 1. The van der Waals surface area contributed by atoms with Crippen molar-refractivity contribution in [3.8, 4) is 11.3 Å². The van der Waals surface area contributed by atoms with Crippen molar-refractivity contribution in [3.05, 3.63) is 40.7 Å². The van der Waals surface area contributed by atoms with Gasteiger partial charge >= 0.3 is 0 Å². The maximum Gasteiger partial charge on any atom is 0.132 e. The van der Waals surface area contributed by atoms with E-state index < -0.39 is 0 Å². The van der Waals surface area contributed by atoms with Gasteiger partial charge in [0.05, 0.1) is 5.69 Å². The van der Waals surface area contributed by atoms with E-state index in [1.165, 1.54) is 22.3 Å². The Morgan fingerprint density at radius 1 is 0.947 bits per heavy atom. The molecule has 0 radical (unpaired) electrons. The lowest BCUT2D eigenvalue weighted by Gasteiger charge is -2.14. The van der Waals surface area contributed by atoms with Crippen LogP contribution in [-0.2, 0) is 0 Å². The topological polar surface area (TPSA) is 37.8 Å². The molecule has 19 heavy (non-hydrogen) atoms. The fraction of sp³-hybridized carbons (Fsp3) is 0.375. The second-order valence-electron chi connectivity index (χ2n) is 4.98. The van der Waals surface area contributed by atoms with Crippen LogP contribution in [0.3, 0.4) is 0 Å². The molecule has 3 nitrogen and oxygen atoms in total. The first-order chi connectivity index (χ1) is 9.04. The van der Waals surface area contributed by atoms with Crippen molar-refractivity contribution in [3.63, 3.8) is 0 Å². The van der Waals surface area contributed by atoms with Gasteiger partial charge in [0.2, 0.25) is 0 Å². The first-order valence-corrected chi connectivity index (χ1v) is 6.68. The molecule has 1 N–H and O–H groups in total. The summed E-state index contributed by atoms with van der Waals surface area (Å²) < 4.78 is 0. The molecule has 0 bridgehead atoms. The second-order valence-corrected chi connectivity index (χ2v) is 4.98. The van der Waals surface area contributed by atoms with Crippen molar-refractivity contribution >= 4 is 5.82 Å². The summed E-state index contributed by atoms with van der Waals surface area (Å²) in [5.74, 6) is 0.921. The Morgan fingerprint density at radius 3 is 2.32 bits per heavy atom. The van der Waals surface area contributed by atoms with Crippen molar-refractivity contribution in [1.29, 1.82) is 0 Å². The van der Waals surface area contributed by atoms with E-state index in [-0.39, 0.29) is 0 Å². The van der Waals surface area contributed by atoms with Crippen LogP contribution in [0.15, 0.2) is 18.5 Å². The van der Waals surface area contributed by atoms with Gasteiger partial charge in [-0.3, -0.25) is 0 Å². The summed E-state index contributed by atoms with van der Waals surface area (Å²) >= 11 is 0. The number of nitrogens with one attached hydrogen (secondary N) is 1. The molecule has 0 unspecified atom stereocenters. The van der Waals surface area contributed by atoms with Crippen LogP contribution in [-0.4, -0.2) is 16.5 Å². The van der Waals surface area contributed by atoms with Crippen molar-refractivity contribution in [2.75, 3.05) is 11.9 Å². The molecule has 100 valence electrons. The average Bonchev–Trinajstić information content (AvgIpc) is 2.37. The first-order valence-electron chi connectivity index (χ1n) is 6.68. The Labute approximate surface area is 115 Å². The molecule has 2 rings (SSSR count). The summed E-state index contributed by atoms with van der Waals surface area (Å²) in [6, 6.07) is 4.44. The molecule has 0 aliphatic heterocycles. The van der Waals surface area contributed by atoms with E-state index in [0.717, 1.165) is 23.6 Å². The van der Waals surface area contributed by atoms with E-state index >= 15 is 0 Å². The highest BCUT2D eigenvalue weighted by atomic mass is 15.0. The molecule has 0 fully saturated rings. The molecule has 1 aromatic carbocycles. The van der Waals surface area contributed by atoms with Crippen LogP contribution in [0.4, 0.5) is 5.82 Å². The number of hydrogen-bond donors (Lipinski definition) is 1. The Bertz CT molecular complexity index is 603. The van der Waals surface area contributed by atoms with Crippen LogP contribution in [0.2, 0.25) is 0 Å². The van der Waals surface area contributed by atoms with E-state index in [9.17, 15) is 0 Å². The Morgan fingerprint density at radius 2 is 1.63 bits per heavy atom. The minimum atomic E-state index is 0.864. The van der Waals surface area contributed by atoms with Gasteiger partial charge in [-0.25, -0.2) is 9.97 Å². The largest absolute Gasteiger partial charge is 0.370 e. The summed E-state index contributed by atoms with van der Waals surface area (Å²) in [6.07, 6.45) is 1.63. The lowest BCUT2D eigenvalue weighted by molar-refractivity contribution is 1.08. The van der Waals surface area contributed by atoms with Gasteiger partial charge in [-0.1, -0.05) is 6.07 Å². The number of nitrogens with zero attached hydrogens (tertiary/aromatic N) is 2. The Balaban J connectivity index is 2.59. The highest BCUT2D eigenvalue weighted by molar-refractivity contribution is 5.71. The molecule has 0 amide bonds. The molecule has 1 heterocycles. The van der Waals surface area contributed by atoms with Crippen LogP contribution in [0.5, 0.6) is 0 Å². The van der Waals surface area contributed by atoms with Gasteiger partial charge in [-0.2, -0.15) is 0 Å². The van der Waals surface area contributed by atoms with Crippen LogP contribution >= 0.6 is 0 Å². The SMILES string of the molecule is CCNc1ncnc(-c2cc(C)c(C)cc2C)c1C. The molecule has 1 aromatic heterocycles. The minimum absolute atomic E-state index is 0.864. The van der Waals surface area contributed by atoms with Crippen molar-refractivity contribution in [1.82, 2.24) is 9.97 Å². The smallest absolute Gasteiger partial charge is 0.132 e. The Kier molecular flexibility index (Phi) is 3.84. The van der Waals surface area contributed by atoms with Gasteiger partial charge < -0.3 is 5.32 Å². The number of aromatic nitrogens is 2. The minimum Gasteiger partial charge on any atom is -0.370 e. The highest BCUT2D eigenvalue weighted by Crippen LogP contribution is 2.29. The maximum atomic E-state index is 4.47. The molecule has 0 spiro atoms. The Hall–Kier alpha value is -1.90. The summed E-state index contributed by atoms with van der Waals surface area (Å²) in [4.78, 5) is 8.77. The first kappa shape index (κ1) is 13.5. The van der Waals surface area contributed by atoms with Crippen LogP contribution < -0.4 is 5.32 Å². The van der Waals surface area contributed by atoms with Gasteiger partial charge in [0.15, 0.2) is 0 Å².